The van der Waals surface area contributed by atoms with Crippen molar-refractivity contribution in [2.45, 2.75) is 72.6 Å². The Morgan fingerprint density at radius 1 is 0.955 bits per heavy atom. The average molecular weight is 944 g/mol. The Labute approximate surface area is 398 Å². The number of halogens is 2. The number of hydrogen-bond donors (Lipinski definition) is 1. The number of piperidine rings is 1. The first-order valence-electron chi connectivity index (χ1n) is 22.1. The number of esters is 1. The highest BCUT2D eigenvalue weighted by atomic mass is 35.5. The molecule has 1 atom stereocenters. The van der Waals surface area contributed by atoms with Crippen LogP contribution >= 0.6 is 22.9 Å². The summed E-state index contributed by atoms with van der Waals surface area (Å²) in [6.07, 6.45) is 5.30. The third kappa shape index (κ3) is 10.4. The van der Waals surface area contributed by atoms with E-state index in [0.29, 0.717) is 67.9 Å². The molecule has 6 heterocycles. The molecule has 4 aromatic carbocycles. The van der Waals surface area contributed by atoms with Crippen molar-refractivity contribution in [1.29, 1.82) is 0 Å². The van der Waals surface area contributed by atoms with E-state index < -0.39 is 12.1 Å². The molecule has 12 nitrogen and oxygen atoms in total. The van der Waals surface area contributed by atoms with Gasteiger partial charge in [-0.05, 0) is 110 Å². The lowest BCUT2D eigenvalue weighted by Crippen LogP contribution is -2.40. The molecule has 0 unspecified atom stereocenters. The monoisotopic (exact) mass is 942 g/mol. The summed E-state index contributed by atoms with van der Waals surface area (Å²) in [6, 6.07) is 24.3. The molecular weight excluding hydrogens is 891 g/mol. The number of benzene rings is 4. The first-order chi connectivity index (χ1) is 32.1. The largest absolute Gasteiger partial charge is 0.507 e. The Bertz CT molecular complexity index is 2910. The van der Waals surface area contributed by atoms with Gasteiger partial charge in [0, 0.05) is 47.7 Å². The summed E-state index contributed by atoms with van der Waals surface area (Å²) in [5.74, 6) is -0.0922. The van der Waals surface area contributed by atoms with E-state index in [1.165, 1.54) is 36.2 Å². The molecular formula is C52H52ClFN6O6S. The predicted molar refractivity (Wildman–Crippen MR) is 259 cm³/mol. The van der Waals surface area contributed by atoms with Crippen LogP contribution in [-0.2, 0) is 40.3 Å². The molecule has 346 valence electrons. The van der Waals surface area contributed by atoms with Gasteiger partial charge in [0.1, 0.15) is 35.1 Å². The van der Waals surface area contributed by atoms with E-state index in [2.05, 4.69) is 24.8 Å². The van der Waals surface area contributed by atoms with Crippen LogP contribution in [0.4, 0.5) is 4.39 Å². The van der Waals surface area contributed by atoms with E-state index in [9.17, 15) is 19.1 Å². The van der Waals surface area contributed by atoms with Crippen molar-refractivity contribution in [3.8, 4) is 50.3 Å². The summed E-state index contributed by atoms with van der Waals surface area (Å²) in [5.41, 5.74) is 6.14. The third-order valence-corrected chi connectivity index (χ3v) is 13.7. The molecule has 0 spiro atoms. The van der Waals surface area contributed by atoms with Gasteiger partial charge in [-0.2, -0.15) is 0 Å². The summed E-state index contributed by atoms with van der Waals surface area (Å²) in [4.78, 5) is 52.7. The van der Waals surface area contributed by atoms with Crippen LogP contribution in [0.3, 0.4) is 0 Å². The van der Waals surface area contributed by atoms with Crippen molar-refractivity contribution < 1.29 is 33.3 Å². The maximum Gasteiger partial charge on any atom is 0.347 e. The minimum absolute atomic E-state index is 0. The zero-order chi connectivity index (χ0) is 45.7. The summed E-state index contributed by atoms with van der Waals surface area (Å²) in [7, 11) is 0. The van der Waals surface area contributed by atoms with Crippen LogP contribution in [0, 0.1) is 12.7 Å². The molecule has 7 aromatic rings. The van der Waals surface area contributed by atoms with Crippen molar-refractivity contribution in [3.05, 3.63) is 136 Å². The van der Waals surface area contributed by atoms with Gasteiger partial charge < -0.3 is 29.1 Å². The topological polar surface area (TPSA) is 140 Å². The lowest BCUT2D eigenvalue weighted by molar-refractivity contribution is -0.151. The molecule has 15 heteroatoms. The molecule has 3 aliphatic heterocycles. The van der Waals surface area contributed by atoms with Crippen LogP contribution in [0.15, 0.2) is 97.5 Å². The van der Waals surface area contributed by atoms with E-state index in [4.69, 9.17) is 25.8 Å². The van der Waals surface area contributed by atoms with Crippen LogP contribution in [0.25, 0.3) is 43.2 Å². The number of amides is 1. The Morgan fingerprint density at radius 2 is 1.76 bits per heavy atom. The highest BCUT2D eigenvalue weighted by Gasteiger charge is 2.30. The fraction of sp³-hybridized carbons (Fsp3) is 0.308. The van der Waals surface area contributed by atoms with Crippen molar-refractivity contribution in [1.82, 2.24) is 29.7 Å². The first kappa shape index (κ1) is 47.0. The molecule has 1 amide bonds. The van der Waals surface area contributed by atoms with Gasteiger partial charge in [0.2, 0.25) is 17.9 Å². The number of likely N-dealkylation sites (tertiary alicyclic amines) is 1. The maximum atomic E-state index is 14.6. The van der Waals surface area contributed by atoms with Gasteiger partial charge in [-0.25, -0.2) is 29.1 Å². The van der Waals surface area contributed by atoms with E-state index in [1.54, 1.807) is 61.7 Å². The van der Waals surface area contributed by atoms with E-state index in [1.807, 2.05) is 36.1 Å². The summed E-state index contributed by atoms with van der Waals surface area (Å²) in [5, 5.41) is 11.6. The number of aromatic nitrogens is 4. The molecule has 3 aliphatic rings. The fourth-order valence-corrected chi connectivity index (χ4v) is 10.0. The number of fused-ring (bicyclic) bond motifs is 7. The Morgan fingerprint density at radius 3 is 2.55 bits per heavy atom. The molecule has 1 fully saturated rings. The molecule has 1 N–H and O–H groups in total. The average Bonchev–Trinajstić information content (AvgIpc) is 3.72. The van der Waals surface area contributed by atoms with Gasteiger partial charge in [-0.1, -0.05) is 74.0 Å². The fourth-order valence-electron chi connectivity index (χ4n) is 8.63. The van der Waals surface area contributed by atoms with E-state index in [-0.39, 0.29) is 56.8 Å². The van der Waals surface area contributed by atoms with Crippen LogP contribution in [0.5, 0.6) is 17.4 Å². The minimum atomic E-state index is -1.23. The molecule has 10 rings (SSSR count). The summed E-state index contributed by atoms with van der Waals surface area (Å²) in [6.45, 7) is 7.31. The van der Waals surface area contributed by atoms with Gasteiger partial charge >= 0.3 is 5.97 Å². The van der Waals surface area contributed by atoms with Gasteiger partial charge in [0.15, 0.2) is 5.82 Å². The van der Waals surface area contributed by atoms with Gasteiger partial charge in [0.25, 0.3) is 0 Å². The standard InChI is InChI=1S/C51H48ClFN6O6S.CH4/c1-3-63-51(62)42-27-35-25-32(11-18-41(35)64-29-37-19-20-54-48(57-37)39-9-5-6-10-40(39)60)26-43(61)59(24-23-58-21-7-4-8-22-58)28-34-14-17-38(31(2)46(34)52)44-45-49(65-42)55-30-56-50(45)66-47(44)33-12-15-36(53)16-13-33;/h5-6,9-20,25,30,42,60H,3-4,7-8,21-24,26-29H2,1-2H3;1H4/t42-;/m1./s1. The Hall–Kier alpha value is -6.48. The highest BCUT2D eigenvalue weighted by Crippen LogP contribution is 2.49. The molecule has 0 radical (unpaired) electrons. The van der Waals surface area contributed by atoms with E-state index in [0.717, 1.165) is 59.6 Å². The number of para-hydroxylation sites is 1. The van der Waals surface area contributed by atoms with Crippen molar-refractivity contribution in [3.63, 3.8) is 0 Å². The highest BCUT2D eigenvalue weighted by molar-refractivity contribution is 7.22. The normalized spacial score (nSPS) is 15.4. The second-order valence-electron chi connectivity index (χ2n) is 16.5. The number of phenols is 1. The Balaban J connectivity index is 0.00000608. The number of carbonyl (C=O) groups is 2. The molecule has 4 bridgehead atoms. The second kappa shape index (κ2) is 21.0. The van der Waals surface area contributed by atoms with Gasteiger partial charge in [-0.15, -0.1) is 11.3 Å². The molecule has 0 aliphatic carbocycles. The lowest BCUT2D eigenvalue weighted by Gasteiger charge is -2.30. The first-order valence-corrected chi connectivity index (χ1v) is 23.3. The number of rotatable bonds is 10. The van der Waals surface area contributed by atoms with E-state index >= 15 is 0 Å². The summed E-state index contributed by atoms with van der Waals surface area (Å²) < 4.78 is 33.2. The quantitative estimate of drug-likeness (QED) is 0.131. The zero-order valence-corrected chi connectivity index (χ0v) is 38.2. The van der Waals surface area contributed by atoms with Crippen LogP contribution < -0.4 is 9.47 Å². The Kier molecular flexibility index (Phi) is 14.7. The molecule has 1 saturated heterocycles. The predicted octanol–water partition coefficient (Wildman–Crippen LogP) is 10.4. The molecule has 0 saturated carbocycles. The lowest BCUT2D eigenvalue weighted by atomic mass is 9.94. The minimum Gasteiger partial charge on any atom is -0.507 e. The number of hydrogen-bond acceptors (Lipinski definition) is 12. The van der Waals surface area contributed by atoms with Crippen LogP contribution in [0.2, 0.25) is 5.02 Å². The number of ether oxygens (including phenoxy) is 3. The SMILES string of the molecule is C.CCOC(=O)[C@H]1Cc2cc(ccc2OCc2ccnc(-c3ccccc3O)n2)CC(=O)N(CCN2CCCCC2)Cc2ccc(c(C)c2Cl)-c2c(-c3ccc(F)cc3)sc3ncnc(c23)O1. The smallest absolute Gasteiger partial charge is 0.347 e. The van der Waals surface area contributed by atoms with Crippen LogP contribution in [-0.4, -0.2) is 85.6 Å². The van der Waals surface area contributed by atoms with Crippen molar-refractivity contribution in [2.75, 3.05) is 32.8 Å². The molecule has 67 heavy (non-hydrogen) atoms. The van der Waals surface area contributed by atoms with Gasteiger partial charge in [-0.3, -0.25) is 4.79 Å². The number of thiophene rings is 1. The van der Waals surface area contributed by atoms with Gasteiger partial charge in [0.05, 0.1) is 29.7 Å². The number of aromatic hydroxyl groups is 1. The van der Waals surface area contributed by atoms with Crippen molar-refractivity contribution >= 4 is 45.0 Å². The maximum absolute atomic E-state index is 14.6. The second-order valence-corrected chi connectivity index (χ2v) is 17.8. The summed E-state index contributed by atoms with van der Waals surface area (Å²) >= 11 is 8.73. The van der Waals surface area contributed by atoms with Crippen molar-refractivity contribution in [2.24, 2.45) is 0 Å². The van der Waals surface area contributed by atoms with Crippen LogP contribution in [0.1, 0.15) is 61.6 Å². The zero-order valence-electron chi connectivity index (χ0n) is 36.6. The third-order valence-electron chi connectivity index (χ3n) is 12.1. The number of phenolic OH excluding ortho intramolecular Hbond substituents is 1. The number of nitrogens with zero attached hydrogens (tertiary/aromatic N) is 6. The number of carbonyl (C=O) groups excluding carboxylic acids is 2. The molecule has 3 aromatic heterocycles.